The largest absolute Gasteiger partial charge is 0.456 e. The summed E-state index contributed by atoms with van der Waals surface area (Å²) in [6, 6.07) is 8.41. The second-order valence-corrected chi connectivity index (χ2v) is 5.75. The van der Waals surface area contributed by atoms with Crippen LogP contribution in [0.1, 0.15) is 24.6 Å². The quantitative estimate of drug-likeness (QED) is 0.619. The lowest BCUT2D eigenvalue weighted by molar-refractivity contribution is -0.152. The number of nitrogens with zero attached hydrogens (tertiary/aromatic N) is 1. The van der Waals surface area contributed by atoms with Crippen LogP contribution >= 0.6 is 0 Å². The zero-order valence-corrected chi connectivity index (χ0v) is 12.0. The minimum atomic E-state index is -0.428. The second kappa shape index (κ2) is 4.51. The summed E-state index contributed by atoms with van der Waals surface area (Å²) >= 11 is 0. The Morgan fingerprint density at radius 2 is 2.20 bits per heavy atom. The van der Waals surface area contributed by atoms with E-state index in [2.05, 4.69) is 42.5 Å². The Hall–Kier alpha value is -2.03. The smallest absolute Gasteiger partial charge is 0.330 e. The van der Waals surface area contributed by atoms with E-state index < -0.39 is 5.60 Å². The maximum atomic E-state index is 11.5. The normalized spacial score (nSPS) is 21.5. The molecule has 0 N–H and O–H groups in total. The van der Waals surface area contributed by atoms with Crippen molar-refractivity contribution in [2.24, 2.45) is 7.05 Å². The number of fused-ring (bicyclic) bond motifs is 3. The summed E-state index contributed by atoms with van der Waals surface area (Å²) in [5.41, 5.74) is 3.49. The van der Waals surface area contributed by atoms with E-state index >= 15 is 0 Å². The summed E-state index contributed by atoms with van der Waals surface area (Å²) in [4.78, 5) is 11.5. The molecule has 0 saturated carbocycles. The summed E-state index contributed by atoms with van der Waals surface area (Å²) in [7, 11) is 2.11. The number of aryl methyl sites for hydroxylation is 1. The van der Waals surface area contributed by atoms with Gasteiger partial charge in [-0.25, -0.2) is 4.79 Å². The molecule has 3 rings (SSSR count). The first-order chi connectivity index (χ1) is 9.54. The monoisotopic (exact) mass is 269 g/mol. The van der Waals surface area contributed by atoms with E-state index in [1.165, 1.54) is 28.2 Å². The van der Waals surface area contributed by atoms with E-state index in [1.54, 1.807) is 0 Å². The number of aromatic nitrogens is 1. The lowest BCUT2D eigenvalue weighted by Gasteiger charge is -2.33. The van der Waals surface area contributed by atoms with Crippen LogP contribution in [0, 0.1) is 0 Å². The fourth-order valence-corrected chi connectivity index (χ4v) is 3.26. The molecule has 0 amide bonds. The minimum absolute atomic E-state index is 0.337. The summed E-state index contributed by atoms with van der Waals surface area (Å²) < 4.78 is 7.84. The van der Waals surface area contributed by atoms with Gasteiger partial charge in [0.25, 0.3) is 0 Å². The van der Waals surface area contributed by atoms with Gasteiger partial charge in [-0.05, 0) is 31.4 Å². The third kappa shape index (κ3) is 1.94. The minimum Gasteiger partial charge on any atom is -0.456 e. The predicted molar refractivity (Wildman–Crippen MR) is 79.6 cm³/mol. The average Bonchev–Trinajstić information content (AvgIpc) is 2.72. The van der Waals surface area contributed by atoms with Crippen LogP contribution in [0.2, 0.25) is 0 Å². The van der Waals surface area contributed by atoms with E-state index in [4.69, 9.17) is 4.74 Å². The molecule has 0 radical (unpaired) electrons. The lowest BCUT2D eigenvalue weighted by atomic mass is 9.83. The third-order valence-corrected chi connectivity index (χ3v) is 4.30. The van der Waals surface area contributed by atoms with Gasteiger partial charge in [-0.15, -0.1) is 0 Å². The van der Waals surface area contributed by atoms with Gasteiger partial charge in [0.15, 0.2) is 0 Å². The van der Waals surface area contributed by atoms with Crippen LogP contribution in [0.5, 0.6) is 0 Å². The molecule has 104 valence electrons. The highest BCUT2D eigenvalue weighted by Crippen LogP contribution is 2.37. The van der Waals surface area contributed by atoms with Gasteiger partial charge >= 0.3 is 5.97 Å². The van der Waals surface area contributed by atoms with E-state index in [-0.39, 0.29) is 5.97 Å². The van der Waals surface area contributed by atoms with Crippen LogP contribution in [0.4, 0.5) is 0 Å². The number of benzene rings is 1. The SMILES string of the molecule is C=CC(=O)OC1(C)CCc2c(c3ccccc3n2C)C1. The number of ether oxygens (including phenoxy) is 1. The van der Waals surface area contributed by atoms with Gasteiger partial charge in [0, 0.05) is 36.1 Å². The van der Waals surface area contributed by atoms with Crippen molar-refractivity contribution in [3.05, 3.63) is 48.2 Å². The fourth-order valence-electron chi connectivity index (χ4n) is 3.26. The van der Waals surface area contributed by atoms with Crippen molar-refractivity contribution < 1.29 is 9.53 Å². The highest BCUT2D eigenvalue weighted by molar-refractivity contribution is 5.86. The van der Waals surface area contributed by atoms with E-state index in [0.29, 0.717) is 0 Å². The number of rotatable bonds is 2. The highest BCUT2D eigenvalue weighted by Gasteiger charge is 2.35. The Kier molecular flexibility index (Phi) is 2.93. The fraction of sp³-hybridized carbons (Fsp3) is 0.353. The van der Waals surface area contributed by atoms with Gasteiger partial charge in [-0.1, -0.05) is 24.8 Å². The van der Waals surface area contributed by atoms with Crippen molar-refractivity contribution in [2.75, 3.05) is 0 Å². The van der Waals surface area contributed by atoms with Gasteiger partial charge in [0.05, 0.1) is 0 Å². The number of hydrogen-bond acceptors (Lipinski definition) is 2. The molecule has 1 aliphatic carbocycles. The molecule has 0 bridgehead atoms. The third-order valence-electron chi connectivity index (χ3n) is 4.30. The molecule has 0 spiro atoms. The number of esters is 1. The van der Waals surface area contributed by atoms with Gasteiger partial charge in [-0.3, -0.25) is 0 Å². The van der Waals surface area contributed by atoms with Crippen molar-refractivity contribution >= 4 is 16.9 Å². The maximum Gasteiger partial charge on any atom is 0.330 e. The second-order valence-electron chi connectivity index (χ2n) is 5.75. The number of carbonyl (C=O) groups is 1. The first-order valence-electron chi connectivity index (χ1n) is 6.95. The van der Waals surface area contributed by atoms with Crippen molar-refractivity contribution in [3.8, 4) is 0 Å². The Morgan fingerprint density at radius 1 is 1.45 bits per heavy atom. The van der Waals surface area contributed by atoms with Crippen LogP contribution in [0.25, 0.3) is 10.9 Å². The first-order valence-corrected chi connectivity index (χ1v) is 6.95. The highest BCUT2D eigenvalue weighted by atomic mass is 16.6. The first kappa shape index (κ1) is 13.0. The number of para-hydroxylation sites is 1. The van der Waals surface area contributed by atoms with Crippen molar-refractivity contribution in [1.29, 1.82) is 0 Å². The molecule has 1 aliphatic rings. The number of hydrogen-bond donors (Lipinski definition) is 0. The molecule has 3 heteroatoms. The van der Waals surface area contributed by atoms with Crippen LogP contribution in [0.3, 0.4) is 0 Å². The zero-order valence-electron chi connectivity index (χ0n) is 12.0. The van der Waals surface area contributed by atoms with Crippen LogP contribution in [-0.4, -0.2) is 16.1 Å². The molecule has 1 heterocycles. The average molecular weight is 269 g/mol. The molecule has 3 nitrogen and oxygen atoms in total. The molecule has 1 atom stereocenters. The van der Waals surface area contributed by atoms with Gasteiger partial charge in [0.2, 0.25) is 0 Å². The van der Waals surface area contributed by atoms with Crippen LogP contribution in [0.15, 0.2) is 36.9 Å². The van der Waals surface area contributed by atoms with E-state index in [9.17, 15) is 4.79 Å². The van der Waals surface area contributed by atoms with Crippen molar-refractivity contribution in [2.45, 2.75) is 31.8 Å². The van der Waals surface area contributed by atoms with Gasteiger partial charge in [-0.2, -0.15) is 0 Å². The molecular weight excluding hydrogens is 250 g/mol. The summed E-state index contributed by atoms with van der Waals surface area (Å²) in [5, 5.41) is 1.27. The topological polar surface area (TPSA) is 31.2 Å². The summed E-state index contributed by atoms with van der Waals surface area (Å²) in [6.45, 7) is 5.49. The predicted octanol–water partition coefficient (Wildman–Crippen LogP) is 3.15. The molecular formula is C17H19NO2. The molecule has 1 aromatic carbocycles. The maximum absolute atomic E-state index is 11.5. The molecule has 1 unspecified atom stereocenters. The molecule has 0 saturated heterocycles. The Balaban J connectivity index is 2.04. The molecule has 20 heavy (non-hydrogen) atoms. The van der Waals surface area contributed by atoms with Gasteiger partial charge in [0.1, 0.15) is 5.60 Å². The van der Waals surface area contributed by atoms with Crippen LogP contribution < -0.4 is 0 Å². The van der Waals surface area contributed by atoms with E-state index in [1.807, 2.05) is 6.92 Å². The standard InChI is InChI=1S/C17H19NO2/c1-4-16(19)20-17(2)10-9-15-13(11-17)12-7-5-6-8-14(12)18(15)3/h4-8H,1,9-11H2,2-3H3. The lowest BCUT2D eigenvalue weighted by Crippen LogP contribution is -2.37. The van der Waals surface area contributed by atoms with Crippen LogP contribution in [-0.2, 0) is 29.4 Å². The van der Waals surface area contributed by atoms with Crippen molar-refractivity contribution in [1.82, 2.24) is 4.57 Å². The molecule has 0 aliphatic heterocycles. The molecule has 2 aromatic rings. The summed E-state index contributed by atoms with van der Waals surface area (Å²) in [5.74, 6) is -0.337. The van der Waals surface area contributed by atoms with Crippen molar-refractivity contribution in [3.63, 3.8) is 0 Å². The number of carbonyl (C=O) groups excluding carboxylic acids is 1. The Labute approximate surface area is 118 Å². The zero-order chi connectivity index (χ0) is 14.3. The Morgan fingerprint density at radius 3 is 2.95 bits per heavy atom. The Bertz CT molecular complexity index is 698. The molecule has 0 fully saturated rings. The van der Waals surface area contributed by atoms with E-state index in [0.717, 1.165) is 19.3 Å². The van der Waals surface area contributed by atoms with Gasteiger partial charge < -0.3 is 9.30 Å². The summed E-state index contributed by atoms with van der Waals surface area (Å²) in [6.07, 6.45) is 3.79. The molecule has 1 aromatic heterocycles.